The molecule has 0 aliphatic heterocycles. The normalized spacial score (nSPS) is 10.9. The van der Waals surface area contributed by atoms with Crippen molar-refractivity contribution in [3.8, 4) is 6.07 Å². The molecule has 4 aromatic rings. The highest BCUT2D eigenvalue weighted by Gasteiger charge is 2.10. The molecule has 20 heavy (non-hydrogen) atoms. The first kappa shape index (κ1) is 10.9. The minimum Gasteiger partial charge on any atom is -0.251 e. The van der Waals surface area contributed by atoms with Crippen LogP contribution in [-0.2, 0) is 0 Å². The van der Waals surface area contributed by atoms with Gasteiger partial charge in [-0.3, -0.25) is 4.98 Å². The Morgan fingerprint density at radius 1 is 0.750 bits per heavy atom. The van der Waals surface area contributed by atoms with Crippen molar-refractivity contribution < 1.29 is 0 Å². The second-order valence-corrected chi connectivity index (χ2v) is 4.66. The number of aromatic nitrogens is 2. The van der Waals surface area contributed by atoms with Crippen LogP contribution in [0.3, 0.4) is 0 Å². The standard InChI is InChI=1S/C17H9N3/c18-9-11-10-19-16-14-7-3-1-5-12(14)13-6-2-4-8-15(13)17(16)20-11/h1-8,10H. The molecule has 1 heterocycles. The lowest BCUT2D eigenvalue weighted by Gasteiger charge is -2.08. The lowest BCUT2D eigenvalue weighted by Crippen LogP contribution is -1.91. The van der Waals surface area contributed by atoms with Crippen LogP contribution in [0.2, 0.25) is 0 Å². The van der Waals surface area contributed by atoms with Gasteiger partial charge in [-0.05, 0) is 10.8 Å². The van der Waals surface area contributed by atoms with Gasteiger partial charge in [-0.2, -0.15) is 5.26 Å². The molecule has 1 aromatic heterocycles. The van der Waals surface area contributed by atoms with Gasteiger partial charge in [0.2, 0.25) is 0 Å². The number of nitriles is 1. The van der Waals surface area contributed by atoms with Crippen LogP contribution in [0, 0.1) is 11.3 Å². The van der Waals surface area contributed by atoms with Crippen molar-refractivity contribution >= 4 is 32.6 Å². The third kappa shape index (κ3) is 1.39. The molecule has 0 amide bonds. The van der Waals surface area contributed by atoms with Crippen molar-refractivity contribution in [1.82, 2.24) is 9.97 Å². The molecule has 0 spiro atoms. The van der Waals surface area contributed by atoms with Crippen LogP contribution < -0.4 is 0 Å². The highest BCUT2D eigenvalue weighted by Crippen LogP contribution is 2.32. The lowest BCUT2D eigenvalue weighted by molar-refractivity contribution is 1.25. The minimum absolute atomic E-state index is 0.345. The van der Waals surface area contributed by atoms with Gasteiger partial charge in [0.1, 0.15) is 6.07 Å². The molecule has 0 N–H and O–H groups in total. The summed E-state index contributed by atoms with van der Waals surface area (Å²) in [5, 5.41) is 13.4. The van der Waals surface area contributed by atoms with Crippen molar-refractivity contribution in [2.45, 2.75) is 0 Å². The fourth-order valence-electron chi connectivity index (χ4n) is 2.68. The summed E-state index contributed by atoms with van der Waals surface area (Å²) in [7, 11) is 0. The maximum absolute atomic E-state index is 9.03. The molecule has 0 fully saturated rings. The Bertz CT molecular complexity index is 978. The van der Waals surface area contributed by atoms with Gasteiger partial charge in [-0.15, -0.1) is 0 Å². The summed E-state index contributed by atoms with van der Waals surface area (Å²) in [6, 6.07) is 18.3. The van der Waals surface area contributed by atoms with E-state index in [2.05, 4.69) is 28.2 Å². The van der Waals surface area contributed by atoms with Crippen molar-refractivity contribution in [1.29, 1.82) is 5.26 Å². The predicted octanol–water partition coefficient (Wildman–Crippen LogP) is 3.81. The van der Waals surface area contributed by atoms with Gasteiger partial charge >= 0.3 is 0 Å². The van der Waals surface area contributed by atoms with E-state index >= 15 is 0 Å². The quantitative estimate of drug-likeness (QED) is 0.449. The molecule has 0 atom stereocenters. The zero-order chi connectivity index (χ0) is 13.5. The molecule has 0 aliphatic rings. The van der Waals surface area contributed by atoms with Crippen LogP contribution in [0.15, 0.2) is 54.7 Å². The maximum Gasteiger partial charge on any atom is 0.159 e. The Morgan fingerprint density at radius 3 is 1.90 bits per heavy atom. The Hall–Kier alpha value is -2.99. The van der Waals surface area contributed by atoms with E-state index < -0.39 is 0 Å². The number of rotatable bonds is 0. The summed E-state index contributed by atoms with van der Waals surface area (Å²) in [5.74, 6) is 0. The largest absolute Gasteiger partial charge is 0.251 e. The van der Waals surface area contributed by atoms with E-state index in [0.29, 0.717) is 5.69 Å². The minimum atomic E-state index is 0.345. The molecular formula is C17H9N3. The topological polar surface area (TPSA) is 49.6 Å². The fourth-order valence-corrected chi connectivity index (χ4v) is 2.68. The molecule has 0 saturated carbocycles. The number of hydrogen-bond donors (Lipinski definition) is 0. The van der Waals surface area contributed by atoms with Gasteiger partial charge in [0.05, 0.1) is 17.2 Å². The van der Waals surface area contributed by atoms with Gasteiger partial charge in [0.25, 0.3) is 0 Å². The number of fused-ring (bicyclic) bond motifs is 6. The van der Waals surface area contributed by atoms with Crippen LogP contribution in [0.1, 0.15) is 5.69 Å². The SMILES string of the molecule is N#Cc1cnc2c3ccccc3c3ccccc3c2n1. The molecule has 0 saturated heterocycles. The predicted molar refractivity (Wildman–Crippen MR) is 79.3 cm³/mol. The van der Waals surface area contributed by atoms with Crippen molar-refractivity contribution in [3.63, 3.8) is 0 Å². The van der Waals surface area contributed by atoms with Gasteiger partial charge < -0.3 is 0 Å². The zero-order valence-electron chi connectivity index (χ0n) is 10.5. The fraction of sp³-hybridized carbons (Fsp3) is 0. The van der Waals surface area contributed by atoms with Crippen molar-refractivity contribution in [2.24, 2.45) is 0 Å². The number of nitrogens with zero attached hydrogens (tertiary/aromatic N) is 3. The third-order valence-corrected chi connectivity index (χ3v) is 3.54. The molecule has 3 aromatic carbocycles. The first-order valence-electron chi connectivity index (χ1n) is 6.35. The van der Waals surface area contributed by atoms with Crippen LogP contribution >= 0.6 is 0 Å². The van der Waals surface area contributed by atoms with E-state index in [1.54, 1.807) is 0 Å². The maximum atomic E-state index is 9.03. The molecule has 0 radical (unpaired) electrons. The molecule has 3 heteroatoms. The second kappa shape index (κ2) is 4.01. The highest BCUT2D eigenvalue weighted by molar-refractivity contribution is 6.22. The van der Waals surface area contributed by atoms with Crippen LogP contribution in [0.25, 0.3) is 32.6 Å². The van der Waals surface area contributed by atoms with Crippen molar-refractivity contribution in [3.05, 3.63) is 60.4 Å². The van der Waals surface area contributed by atoms with Crippen LogP contribution in [0.4, 0.5) is 0 Å². The summed E-state index contributed by atoms with van der Waals surface area (Å²) < 4.78 is 0. The van der Waals surface area contributed by atoms with Crippen LogP contribution in [-0.4, -0.2) is 9.97 Å². The summed E-state index contributed by atoms with van der Waals surface area (Å²) in [6.45, 7) is 0. The highest BCUT2D eigenvalue weighted by atomic mass is 14.8. The van der Waals surface area contributed by atoms with E-state index in [0.717, 1.165) is 32.6 Å². The Balaban J connectivity index is 2.39. The zero-order valence-corrected chi connectivity index (χ0v) is 10.5. The molecule has 0 unspecified atom stereocenters. The second-order valence-electron chi connectivity index (χ2n) is 4.66. The van der Waals surface area contributed by atoms with E-state index in [-0.39, 0.29) is 0 Å². The average Bonchev–Trinajstić information content (AvgIpc) is 2.54. The average molecular weight is 255 g/mol. The smallest absolute Gasteiger partial charge is 0.159 e. The van der Waals surface area contributed by atoms with E-state index in [4.69, 9.17) is 5.26 Å². The van der Waals surface area contributed by atoms with E-state index in [1.165, 1.54) is 6.20 Å². The molecule has 3 nitrogen and oxygen atoms in total. The summed E-state index contributed by atoms with van der Waals surface area (Å²) >= 11 is 0. The van der Waals surface area contributed by atoms with E-state index in [9.17, 15) is 0 Å². The van der Waals surface area contributed by atoms with Crippen molar-refractivity contribution in [2.75, 3.05) is 0 Å². The Morgan fingerprint density at radius 2 is 1.30 bits per heavy atom. The molecule has 0 aliphatic carbocycles. The Kier molecular flexibility index (Phi) is 2.18. The summed E-state index contributed by atoms with van der Waals surface area (Å²) in [4.78, 5) is 8.89. The monoisotopic (exact) mass is 255 g/mol. The summed E-state index contributed by atoms with van der Waals surface area (Å²) in [5.41, 5.74) is 1.98. The van der Waals surface area contributed by atoms with Gasteiger partial charge in [0, 0.05) is 10.8 Å². The van der Waals surface area contributed by atoms with Gasteiger partial charge in [-0.1, -0.05) is 48.5 Å². The third-order valence-electron chi connectivity index (χ3n) is 3.54. The lowest BCUT2D eigenvalue weighted by atomic mass is 9.99. The molecule has 92 valence electrons. The molecule has 4 rings (SSSR count). The summed E-state index contributed by atoms with van der Waals surface area (Å²) in [6.07, 6.45) is 1.53. The first-order chi connectivity index (χ1) is 9.88. The number of benzene rings is 3. The van der Waals surface area contributed by atoms with Crippen LogP contribution in [0.5, 0.6) is 0 Å². The molecular weight excluding hydrogens is 246 g/mol. The number of hydrogen-bond acceptors (Lipinski definition) is 3. The van der Waals surface area contributed by atoms with Gasteiger partial charge in [-0.25, -0.2) is 4.98 Å². The first-order valence-corrected chi connectivity index (χ1v) is 6.35. The van der Waals surface area contributed by atoms with Gasteiger partial charge in [0.15, 0.2) is 5.69 Å². The van der Waals surface area contributed by atoms with E-state index in [1.807, 2.05) is 36.4 Å². The molecule has 0 bridgehead atoms. The Labute approximate surface area is 115 Å².